The third-order valence-corrected chi connectivity index (χ3v) is 5.17. The lowest BCUT2D eigenvalue weighted by atomic mass is 10.00. The van der Waals surface area contributed by atoms with Gasteiger partial charge in [-0.05, 0) is 43.4 Å². The number of piperidine rings is 1. The van der Waals surface area contributed by atoms with E-state index in [0.717, 1.165) is 43.7 Å². The van der Waals surface area contributed by atoms with Crippen molar-refractivity contribution in [1.82, 2.24) is 15.5 Å². The molecule has 1 aromatic carbocycles. The van der Waals surface area contributed by atoms with E-state index in [1.165, 1.54) is 18.4 Å². The molecular weight excluding hydrogens is 453 g/mol. The molecule has 0 aliphatic carbocycles. The normalized spacial score (nSPS) is 18.7. The number of guanidine groups is 1. The Morgan fingerprint density at radius 3 is 2.56 bits per heavy atom. The number of rotatable bonds is 4. The van der Waals surface area contributed by atoms with Crippen molar-refractivity contribution in [2.24, 2.45) is 10.9 Å². The van der Waals surface area contributed by atoms with Crippen LogP contribution in [0.5, 0.6) is 0 Å². The predicted molar refractivity (Wildman–Crippen MR) is 122 cm³/mol. The summed E-state index contributed by atoms with van der Waals surface area (Å²) < 4.78 is 0. The molecule has 0 radical (unpaired) electrons. The standard InChI is InChI=1S/C20H31N5O.HI/c1-3-21-20(24-11-8-16(2)9-12-24)23-14-17-4-6-18(7-5-17)25-13-10-22-19(26)15-25;/h4-7,16H,3,8-15H2,1-2H3,(H,21,23)(H,22,26);1H. The summed E-state index contributed by atoms with van der Waals surface area (Å²) in [6.07, 6.45) is 2.48. The number of nitrogens with one attached hydrogen (secondary N) is 2. The maximum atomic E-state index is 11.5. The third-order valence-electron chi connectivity index (χ3n) is 5.17. The number of piperazine rings is 1. The summed E-state index contributed by atoms with van der Waals surface area (Å²) >= 11 is 0. The molecule has 2 aliphatic rings. The number of carbonyl (C=O) groups is 1. The average Bonchev–Trinajstić information content (AvgIpc) is 2.66. The van der Waals surface area contributed by atoms with E-state index in [0.29, 0.717) is 19.6 Å². The lowest BCUT2D eigenvalue weighted by molar-refractivity contribution is -0.120. The molecule has 0 atom stereocenters. The molecule has 0 bridgehead atoms. The topological polar surface area (TPSA) is 60.0 Å². The summed E-state index contributed by atoms with van der Waals surface area (Å²) in [7, 11) is 0. The maximum absolute atomic E-state index is 11.5. The van der Waals surface area contributed by atoms with Crippen molar-refractivity contribution in [3.05, 3.63) is 29.8 Å². The van der Waals surface area contributed by atoms with Gasteiger partial charge in [-0.1, -0.05) is 19.1 Å². The number of amides is 1. The molecule has 3 rings (SSSR count). The van der Waals surface area contributed by atoms with Crippen molar-refractivity contribution >= 4 is 41.5 Å². The quantitative estimate of drug-likeness (QED) is 0.391. The highest BCUT2D eigenvalue weighted by atomic mass is 127. The second-order valence-electron chi connectivity index (χ2n) is 7.28. The number of likely N-dealkylation sites (tertiary alicyclic amines) is 1. The zero-order valence-corrected chi connectivity index (χ0v) is 18.7. The number of nitrogens with zero attached hydrogens (tertiary/aromatic N) is 3. The fraction of sp³-hybridized carbons (Fsp3) is 0.600. The number of hydrogen-bond acceptors (Lipinski definition) is 3. The molecule has 2 fully saturated rings. The van der Waals surface area contributed by atoms with Crippen LogP contribution in [0.4, 0.5) is 5.69 Å². The summed E-state index contributed by atoms with van der Waals surface area (Å²) in [6, 6.07) is 8.43. The van der Waals surface area contributed by atoms with Crippen LogP contribution in [-0.4, -0.2) is 56.0 Å². The lowest BCUT2D eigenvalue weighted by Gasteiger charge is -2.33. The van der Waals surface area contributed by atoms with E-state index in [-0.39, 0.29) is 29.9 Å². The van der Waals surface area contributed by atoms with Crippen LogP contribution in [0, 0.1) is 5.92 Å². The summed E-state index contributed by atoms with van der Waals surface area (Å²) in [6.45, 7) is 10.2. The molecule has 2 saturated heterocycles. The zero-order chi connectivity index (χ0) is 18.4. The predicted octanol–water partition coefficient (Wildman–Crippen LogP) is 2.44. The fourth-order valence-electron chi connectivity index (χ4n) is 3.48. The van der Waals surface area contributed by atoms with Crippen molar-refractivity contribution in [2.75, 3.05) is 44.2 Å². The van der Waals surface area contributed by atoms with Gasteiger partial charge in [-0.25, -0.2) is 4.99 Å². The van der Waals surface area contributed by atoms with Gasteiger partial charge in [0, 0.05) is 38.4 Å². The van der Waals surface area contributed by atoms with Crippen molar-refractivity contribution in [1.29, 1.82) is 0 Å². The number of benzene rings is 1. The van der Waals surface area contributed by atoms with Crippen LogP contribution in [0.2, 0.25) is 0 Å². The minimum Gasteiger partial charge on any atom is -0.360 e. The second kappa shape index (κ2) is 10.7. The number of halogens is 1. The Kier molecular flexibility index (Phi) is 8.66. The smallest absolute Gasteiger partial charge is 0.239 e. The molecule has 0 saturated carbocycles. The Balaban J connectivity index is 0.00000261. The molecule has 2 aliphatic heterocycles. The molecule has 6 nitrogen and oxygen atoms in total. The Hall–Kier alpha value is -1.51. The van der Waals surface area contributed by atoms with Gasteiger partial charge in [-0.3, -0.25) is 4.79 Å². The molecule has 2 N–H and O–H groups in total. The van der Waals surface area contributed by atoms with Gasteiger partial charge >= 0.3 is 0 Å². The number of aliphatic imine (C=N–C) groups is 1. The van der Waals surface area contributed by atoms with Crippen LogP contribution in [0.3, 0.4) is 0 Å². The van der Waals surface area contributed by atoms with Gasteiger partial charge in [0.1, 0.15) is 0 Å². The van der Waals surface area contributed by atoms with Crippen LogP contribution in [0.15, 0.2) is 29.3 Å². The van der Waals surface area contributed by atoms with E-state index in [1.54, 1.807) is 0 Å². The van der Waals surface area contributed by atoms with Gasteiger partial charge in [0.2, 0.25) is 5.91 Å². The summed E-state index contributed by atoms with van der Waals surface area (Å²) in [5.41, 5.74) is 2.29. The van der Waals surface area contributed by atoms with Gasteiger partial charge < -0.3 is 20.4 Å². The first-order valence-corrected chi connectivity index (χ1v) is 9.79. The van der Waals surface area contributed by atoms with E-state index in [4.69, 9.17) is 4.99 Å². The average molecular weight is 485 g/mol. The van der Waals surface area contributed by atoms with Crippen LogP contribution in [0.1, 0.15) is 32.3 Å². The van der Waals surface area contributed by atoms with E-state index in [2.05, 4.69) is 58.5 Å². The van der Waals surface area contributed by atoms with Crippen molar-refractivity contribution in [2.45, 2.75) is 33.2 Å². The first-order chi connectivity index (χ1) is 12.7. The highest BCUT2D eigenvalue weighted by molar-refractivity contribution is 14.0. The van der Waals surface area contributed by atoms with Gasteiger partial charge in [0.25, 0.3) is 0 Å². The van der Waals surface area contributed by atoms with Gasteiger partial charge in [0.15, 0.2) is 5.96 Å². The largest absolute Gasteiger partial charge is 0.360 e. The number of anilines is 1. The second-order valence-corrected chi connectivity index (χ2v) is 7.28. The van der Waals surface area contributed by atoms with Crippen LogP contribution < -0.4 is 15.5 Å². The van der Waals surface area contributed by atoms with E-state index < -0.39 is 0 Å². The summed E-state index contributed by atoms with van der Waals surface area (Å²) in [5.74, 6) is 1.94. The van der Waals surface area contributed by atoms with Gasteiger partial charge in [-0.15, -0.1) is 24.0 Å². The molecule has 1 amide bonds. The van der Waals surface area contributed by atoms with Crippen molar-refractivity contribution in [3.63, 3.8) is 0 Å². The molecule has 0 unspecified atom stereocenters. The summed E-state index contributed by atoms with van der Waals surface area (Å²) in [5, 5.41) is 6.29. The molecule has 7 heteroatoms. The first kappa shape index (κ1) is 21.8. The molecule has 150 valence electrons. The van der Waals surface area contributed by atoms with E-state index in [9.17, 15) is 4.79 Å². The minimum atomic E-state index is 0. The fourth-order valence-corrected chi connectivity index (χ4v) is 3.48. The zero-order valence-electron chi connectivity index (χ0n) is 16.4. The Morgan fingerprint density at radius 1 is 1.22 bits per heavy atom. The van der Waals surface area contributed by atoms with Crippen LogP contribution in [-0.2, 0) is 11.3 Å². The third kappa shape index (κ3) is 6.26. The van der Waals surface area contributed by atoms with Crippen LogP contribution >= 0.6 is 24.0 Å². The monoisotopic (exact) mass is 485 g/mol. The molecule has 0 aromatic heterocycles. The molecule has 27 heavy (non-hydrogen) atoms. The van der Waals surface area contributed by atoms with Gasteiger partial charge in [0.05, 0.1) is 13.1 Å². The Morgan fingerprint density at radius 2 is 1.93 bits per heavy atom. The van der Waals surface area contributed by atoms with Crippen molar-refractivity contribution in [3.8, 4) is 0 Å². The van der Waals surface area contributed by atoms with Crippen LogP contribution in [0.25, 0.3) is 0 Å². The highest BCUT2D eigenvalue weighted by Crippen LogP contribution is 2.18. The summed E-state index contributed by atoms with van der Waals surface area (Å²) in [4.78, 5) is 20.9. The lowest BCUT2D eigenvalue weighted by Crippen LogP contribution is -2.47. The molecular formula is C20H32IN5O. The maximum Gasteiger partial charge on any atom is 0.239 e. The Bertz CT molecular complexity index is 626. The SMILES string of the molecule is CCNC(=NCc1ccc(N2CCNC(=O)C2)cc1)N1CCC(C)CC1.I. The van der Waals surface area contributed by atoms with Gasteiger partial charge in [-0.2, -0.15) is 0 Å². The van der Waals surface area contributed by atoms with Crippen molar-refractivity contribution < 1.29 is 4.79 Å². The number of carbonyl (C=O) groups excluding carboxylic acids is 1. The molecule has 0 spiro atoms. The Labute approximate surface area is 179 Å². The first-order valence-electron chi connectivity index (χ1n) is 9.79. The minimum absolute atomic E-state index is 0. The molecule has 2 heterocycles. The number of hydrogen-bond donors (Lipinski definition) is 2. The molecule has 1 aromatic rings. The van der Waals surface area contributed by atoms with E-state index >= 15 is 0 Å². The van der Waals surface area contributed by atoms with E-state index in [1.807, 2.05) is 0 Å². The highest BCUT2D eigenvalue weighted by Gasteiger charge is 2.19.